The molecule has 0 unspecified atom stereocenters. The summed E-state index contributed by atoms with van der Waals surface area (Å²) in [6, 6.07) is 3.07. The molecule has 1 saturated heterocycles. The Balaban J connectivity index is 2.00. The van der Waals surface area contributed by atoms with Gasteiger partial charge < -0.3 is 38.8 Å². The Kier molecular flexibility index (Phi) is 6.80. The van der Waals surface area contributed by atoms with Gasteiger partial charge in [-0.1, -0.05) is 5.16 Å². The van der Waals surface area contributed by atoms with Crippen molar-refractivity contribution in [1.82, 2.24) is 0 Å². The van der Waals surface area contributed by atoms with E-state index in [0.717, 1.165) is 0 Å². The number of aliphatic hydroxyl groups excluding tert-OH is 2. The zero-order valence-corrected chi connectivity index (χ0v) is 18.9. The molecule has 0 bridgehead atoms. The van der Waals surface area contributed by atoms with Crippen molar-refractivity contribution in [3.05, 3.63) is 33.7 Å². The van der Waals surface area contributed by atoms with Crippen LogP contribution in [0.3, 0.4) is 0 Å². The number of aromatic hydroxyl groups is 1. The highest BCUT2D eigenvalue weighted by atomic mass is 16.7. The molecule has 10 heteroatoms. The van der Waals surface area contributed by atoms with Crippen LogP contribution in [-0.4, -0.2) is 65.0 Å². The molecule has 0 aliphatic carbocycles. The number of methoxy groups -OCH3 is 1. The van der Waals surface area contributed by atoms with Crippen LogP contribution in [0.2, 0.25) is 0 Å². The normalized spacial score (nSPS) is 25.7. The zero-order valence-electron chi connectivity index (χ0n) is 18.9. The van der Waals surface area contributed by atoms with Crippen molar-refractivity contribution >= 4 is 16.7 Å². The minimum Gasteiger partial charge on any atom is -0.506 e. The zero-order chi connectivity index (χ0) is 23.8. The smallest absolute Gasteiger partial charge is 0.349 e. The lowest BCUT2D eigenvalue weighted by Gasteiger charge is -2.46. The molecule has 32 heavy (non-hydrogen) atoms. The summed E-state index contributed by atoms with van der Waals surface area (Å²) >= 11 is 0. The van der Waals surface area contributed by atoms with Crippen LogP contribution in [0, 0.1) is 6.92 Å². The molecule has 0 amide bonds. The van der Waals surface area contributed by atoms with Crippen molar-refractivity contribution in [2.75, 3.05) is 13.7 Å². The fraction of sp³-hybridized carbons (Fsp3) is 0.545. The van der Waals surface area contributed by atoms with Gasteiger partial charge >= 0.3 is 5.63 Å². The second-order valence-electron chi connectivity index (χ2n) is 8.12. The van der Waals surface area contributed by atoms with Crippen molar-refractivity contribution < 1.29 is 38.8 Å². The maximum Gasteiger partial charge on any atom is 0.349 e. The third kappa shape index (κ3) is 4.18. The van der Waals surface area contributed by atoms with E-state index in [9.17, 15) is 20.1 Å². The van der Waals surface area contributed by atoms with E-state index in [2.05, 4.69) is 5.16 Å². The lowest BCUT2D eigenvalue weighted by molar-refractivity contribution is -0.306. The van der Waals surface area contributed by atoms with Gasteiger partial charge in [-0.05, 0) is 46.8 Å². The van der Waals surface area contributed by atoms with Crippen LogP contribution in [0.4, 0.5) is 0 Å². The number of hydrogen-bond acceptors (Lipinski definition) is 10. The maximum atomic E-state index is 12.5. The second-order valence-corrected chi connectivity index (χ2v) is 8.12. The van der Waals surface area contributed by atoms with Crippen LogP contribution in [0.5, 0.6) is 11.5 Å². The fourth-order valence-corrected chi connectivity index (χ4v) is 3.85. The van der Waals surface area contributed by atoms with Gasteiger partial charge in [-0.25, -0.2) is 4.79 Å². The summed E-state index contributed by atoms with van der Waals surface area (Å²) in [6.45, 7) is 8.64. The summed E-state index contributed by atoms with van der Waals surface area (Å²) in [4.78, 5) is 17.5. The third-order valence-electron chi connectivity index (χ3n) is 5.48. The van der Waals surface area contributed by atoms with E-state index in [4.69, 9.17) is 23.5 Å². The lowest BCUT2D eigenvalue weighted by Crippen LogP contribution is -2.63. The molecule has 10 nitrogen and oxygen atoms in total. The molecule has 1 fully saturated rings. The highest BCUT2D eigenvalue weighted by Gasteiger charge is 2.50. The molecule has 1 aromatic heterocycles. The van der Waals surface area contributed by atoms with Gasteiger partial charge in [0.05, 0.1) is 16.7 Å². The Morgan fingerprint density at radius 1 is 1.25 bits per heavy atom. The number of oxime groups is 1. The van der Waals surface area contributed by atoms with Crippen LogP contribution in [-0.2, 0) is 14.3 Å². The molecule has 3 N–H and O–H groups in total. The predicted octanol–water partition coefficient (Wildman–Crippen LogP) is 1.82. The lowest BCUT2D eigenvalue weighted by atomic mass is 9.89. The summed E-state index contributed by atoms with van der Waals surface area (Å²) in [5, 5.41) is 35.7. The van der Waals surface area contributed by atoms with Crippen molar-refractivity contribution in [3.63, 3.8) is 0 Å². The molecule has 0 radical (unpaired) electrons. The highest BCUT2D eigenvalue weighted by molar-refractivity contribution is 6.04. The Morgan fingerprint density at radius 3 is 2.56 bits per heavy atom. The third-order valence-corrected chi connectivity index (χ3v) is 5.48. The van der Waals surface area contributed by atoms with Crippen LogP contribution in [0.25, 0.3) is 11.0 Å². The van der Waals surface area contributed by atoms with E-state index < -0.39 is 35.8 Å². The monoisotopic (exact) mass is 451 g/mol. The number of rotatable bonds is 6. The molecular formula is C22H29NO9. The van der Waals surface area contributed by atoms with Crippen LogP contribution in [0.1, 0.15) is 38.8 Å². The van der Waals surface area contributed by atoms with Crippen molar-refractivity contribution in [2.24, 2.45) is 5.16 Å². The molecule has 0 spiro atoms. The number of benzene rings is 1. The van der Waals surface area contributed by atoms with Gasteiger partial charge in [0.15, 0.2) is 0 Å². The number of ether oxygens (including phenoxy) is 3. The van der Waals surface area contributed by atoms with E-state index in [1.165, 1.54) is 20.1 Å². The number of hydrogen-bond donors (Lipinski definition) is 3. The molecule has 2 heterocycles. The summed E-state index contributed by atoms with van der Waals surface area (Å²) in [7, 11) is 1.42. The predicted molar refractivity (Wildman–Crippen MR) is 115 cm³/mol. The van der Waals surface area contributed by atoms with Gasteiger partial charge in [0.2, 0.25) is 6.29 Å². The number of aryl methyl sites for hydroxylation is 1. The molecular weight excluding hydrogens is 422 g/mol. The van der Waals surface area contributed by atoms with E-state index >= 15 is 0 Å². The van der Waals surface area contributed by atoms with Gasteiger partial charge in [0, 0.05) is 12.7 Å². The van der Waals surface area contributed by atoms with E-state index in [-0.39, 0.29) is 33.7 Å². The molecule has 1 aromatic carbocycles. The van der Waals surface area contributed by atoms with Gasteiger partial charge in [0.25, 0.3) is 0 Å². The molecule has 0 saturated carbocycles. The van der Waals surface area contributed by atoms with Crippen LogP contribution >= 0.6 is 0 Å². The van der Waals surface area contributed by atoms with E-state index in [1.807, 2.05) is 0 Å². The van der Waals surface area contributed by atoms with Gasteiger partial charge in [-0.15, -0.1) is 0 Å². The fourth-order valence-electron chi connectivity index (χ4n) is 3.85. The number of nitrogens with zero attached hydrogens (tertiary/aromatic N) is 1. The second kappa shape index (κ2) is 9.07. The number of aliphatic hydroxyl groups is 2. The summed E-state index contributed by atoms with van der Waals surface area (Å²) in [5.41, 5.74) is -1.14. The minimum absolute atomic E-state index is 0.0967. The van der Waals surface area contributed by atoms with E-state index in [0.29, 0.717) is 12.2 Å². The average molecular weight is 451 g/mol. The molecule has 3 rings (SSSR count). The Bertz CT molecular complexity index is 1080. The Hall–Kier alpha value is -2.66. The van der Waals surface area contributed by atoms with E-state index in [1.54, 1.807) is 33.8 Å². The van der Waals surface area contributed by atoms with Gasteiger partial charge in [-0.2, -0.15) is 0 Å². The first-order valence-corrected chi connectivity index (χ1v) is 10.2. The molecule has 1 aliphatic heterocycles. The highest BCUT2D eigenvalue weighted by Crippen LogP contribution is 2.36. The maximum absolute atomic E-state index is 12.5. The molecule has 2 aromatic rings. The summed E-state index contributed by atoms with van der Waals surface area (Å²) in [6.07, 6.45) is -4.59. The minimum atomic E-state index is -1.39. The average Bonchev–Trinajstić information content (AvgIpc) is 2.72. The first-order chi connectivity index (χ1) is 15.0. The SMILES string of the molecule is CCO/N=C(/C)c1c(O)c2ccc(O[C@@H]3OC(C)(C)[C@H](OC)[C@@H](O)[C@H]3O)c(C)c2oc1=O. The van der Waals surface area contributed by atoms with Crippen LogP contribution < -0.4 is 10.4 Å². The van der Waals surface area contributed by atoms with Crippen LogP contribution in [0.15, 0.2) is 26.5 Å². The first-order valence-electron chi connectivity index (χ1n) is 10.2. The number of fused-ring (bicyclic) bond motifs is 1. The summed E-state index contributed by atoms with van der Waals surface area (Å²) in [5.74, 6) is -0.0456. The molecule has 4 atom stereocenters. The quantitative estimate of drug-likeness (QED) is 0.341. The molecule has 1 aliphatic rings. The Labute approximate surface area is 185 Å². The Morgan fingerprint density at radius 2 is 1.94 bits per heavy atom. The van der Waals surface area contributed by atoms with Gasteiger partial charge in [0.1, 0.15) is 47.6 Å². The van der Waals surface area contributed by atoms with Crippen molar-refractivity contribution in [1.29, 1.82) is 0 Å². The molecule has 176 valence electrons. The van der Waals surface area contributed by atoms with Gasteiger partial charge in [-0.3, -0.25) is 0 Å². The first kappa shape index (κ1) is 24.0. The topological polar surface area (TPSA) is 140 Å². The largest absolute Gasteiger partial charge is 0.506 e. The van der Waals surface area contributed by atoms with Crippen molar-refractivity contribution in [2.45, 2.75) is 64.8 Å². The van der Waals surface area contributed by atoms with Crippen molar-refractivity contribution in [3.8, 4) is 11.5 Å². The standard InChI is InChI=1S/C22H29NO9/c1-7-29-23-11(3)14-15(24)12-8-9-13(10(2)18(12)31-20(14)27)30-21-17(26)16(25)19(28-6)22(4,5)32-21/h8-9,16-17,19,21,24-26H,7H2,1-6H3/b23-11-/t16-,17+,19+,21+/m0/s1. The summed E-state index contributed by atoms with van der Waals surface area (Å²) < 4.78 is 22.4.